The zero-order valence-corrected chi connectivity index (χ0v) is 12.4. The fourth-order valence-corrected chi connectivity index (χ4v) is 1.71. The average molecular weight is 265 g/mol. The molecule has 0 unspecified atom stereocenters. The maximum atomic E-state index is 12.3. The van der Waals surface area contributed by atoms with E-state index in [1.54, 1.807) is 6.26 Å². The Morgan fingerprint density at radius 2 is 1.86 bits per heavy atom. The van der Waals surface area contributed by atoms with Crippen molar-refractivity contribution in [2.24, 2.45) is 0 Å². The van der Waals surface area contributed by atoms with Crippen LogP contribution < -0.4 is 56.8 Å². The van der Waals surface area contributed by atoms with Crippen molar-refractivity contribution in [3.8, 4) is 0 Å². The SMILES string of the molecule is CSc1ccc([B-](F)(F)F)c(Cl)c1.[K+]. The number of benzene rings is 1. The molecule has 1 rings (SSSR count). The van der Waals surface area contributed by atoms with Gasteiger partial charge < -0.3 is 12.9 Å². The van der Waals surface area contributed by atoms with Crippen LogP contribution in [0.2, 0.25) is 5.02 Å². The first kappa shape index (κ1) is 15.4. The first-order valence-corrected chi connectivity index (χ1v) is 5.09. The second-order valence-electron chi connectivity index (χ2n) is 2.46. The number of thioether (sulfide) groups is 1. The molecule has 0 fully saturated rings. The summed E-state index contributed by atoms with van der Waals surface area (Å²) in [6.07, 6.45) is 1.78. The maximum absolute atomic E-state index is 12.3. The van der Waals surface area contributed by atoms with Crippen molar-refractivity contribution in [3.05, 3.63) is 23.2 Å². The van der Waals surface area contributed by atoms with Crippen LogP contribution in [0.4, 0.5) is 12.9 Å². The van der Waals surface area contributed by atoms with E-state index in [0.717, 1.165) is 11.0 Å². The summed E-state index contributed by atoms with van der Waals surface area (Å²) >= 11 is 6.83. The van der Waals surface area contributed by atoms with Crippen LogP contribution in [0.3, 0.4) is 0 Å². The van der Waals surface area contributed by atoms with Crippen LogP contribution >= 0.6 is 23.4 Å². The predicted molar refractivity (Wildman–Crippen MR) is 51.9 cm³/mol. The van der Waals surface area contributed by atoms with Crippen molar-refractivity contribution in [1.29, 1.82) is 0 Å². The first-order chi connectivity index (χ1) is 5.95. The molecule has 0 saturated carbocycles. The maximum Gasteiger partial charge on any atom is 1.00 e. The number of rotatable bonds is 2. The summed E-state index contributed by atoms with van der Waals surface area (Å²) in [5, 5.41) is -0.223. The Hall–Kier alpha value is 1.35. The van der Waals surface area contributed by atoms with Gasteiger partial charge in [-0.05, 0) is 12.3 Å². The molecule has 0 amide bonds. The topological polar surface area (TPSA) is 0 Å². The first-order valence-electron chi connectivity index (χ1n) is 3.48. The van der Waals surface area contributed by atoms with Gasteiger partial charge in [-0.3, -0.25) is 0 Å². The fourth-order valence-electron chi connectivity index (χ4n) is 0.900. The third-order valence-corrected chi connectivity index (χ3v) is 2.61. The van der Waals surface area contributed by atoms with Gasteiger partial charge in [-0.15, -0.1) is 11.8 Å². The molecule has 72 valence electrons. The molecule has 0 spiro atoms. The van der Waals surface area contributed by atoms with E-state index in [0.29, 0.717) is 0 Å². The number of hydrogen-bond acceptors (Lipinski definition) is 1. The Bertz CT molecular complexity index is 318. The van der Waals surface area contributed by atoms with E-state index in [1.807, 2.05) is 0 Å². The van der Waals surface area contributed by atoms with E-state index in [9.17, 15) is 12.9 Å². The predicted octanol–water partition coefficient (Wildman–Crippen LogP) is 0.120. The third kappa shape index (κ3) is 4.08. The molecule has 0 heterocycles. The second kappa shape index (κ2) is 6.18. The van der Waals surface area contributed by atoms with E-state index in [4.69, 9.17) is 11.6 Å². The van der Waals surface area contributed by atoms with Gasteiger partial charge in [0.05, 0.1) is 0 Å². The van der Waals surface area contributed by atoms with E-state index >= 15 is 0 Å². The molecule has 0 saturated heterocycles. The van der Waals surface area contributed by atoms with E-state index < -0.39 is 12.4 Å². The molecule has 0 atom stereocenters. The fraction of sp³-hybridized carbons (Fsp3) is 0.143. The van der Waals surface area contributed by atoms with Gasteiger partial charge in [-0.2, -0.15) is 0 Å². The van der Waals surface area contributed by atoms with Crippen LogP contribution in [-0.4, -0.2) is 13.2 Å². The molecular formula is C7H6BClF3KS. The van der Waals surface area contributed by atoms with Gasteiger partial charge in [0.1, 0.15) is 0 Å². The third-order valence-electron chi connectivity index (χ3n) is 1.56. The number of hydrogen-bond donors (Lipinski definition) is 0. The van der Waals surface area contributed by atoms with Crippen LogP contribution in [0.5, 0.6) is 0 Å². The minimum Gasteiger partial charge on any atom is -0.445 e. The van der Waals surface area contributed by atoms with Crippen molar-refractivity contribution in [3.63, 3.8) is 0 Å². The van der Waals surface area contributed by atoms with Crippen molar-refractivity contribution in [1.82, 2.24) is 0 Å². The van der Waals surface area contributed by atoms with Crippen molar-refractivity contribution >= 4 is 35.8 Å². The molecule has 0 aliphatic rings. The van der Waals surface area contributed by atoms with Crippen LogP contribution in [0.25, 0.3) is 0 Å². The molecule has 0 aromatic heterocycles. The van der Waals surface area contributed by atoms with Gasteiger partial charge in [0, 0.05) is 9.92 Å². The molecule has 1 aromatic rings. The molecule has 0 nitrogen and oxygen atoms in total. The molecule has 0 aliphatic carbocycles. The van der Waals surface area contributed by atoms with Gasteiger partial charge in [0.15, 0.2) is 0 Å². The van der Waals surface area contributed by atoms with Gasteiger partial charge in [-0.25, -0.2) is 0 Å². The molecule has 14 heavy (non-hydrogen) atoms. The molecule has 1 aromatic carbocycles. The summed E-state index contributed by atoms with van der Waals surface area (Å²) in [7, 11) is 0. The molecule has 0 radical (unpaired) electrons. The Balaban J connectivity index is 0.00000169. The summed E-state index contributed by atoms with van der Waals surface area (Å²) in [6.45, 7) is -4.99. The van der Waals surface area contributed by atoms with Crippen LogP contribution in [0.15, 0.2) is 23.1 Å². The van der Waals surface area contributed by atoms with Gasteiger partial charge >= 0.3 is 58.4 Å². The zero-order valence-electron chi connectivity index (χ0n) is 7.73. The van der Waals surface area contributed by atoms with Crippen molar-refractivity contribution in [2.75, 3.05) is 6.26 Å². The summed E-state index contributed by atoms with van der Waals surface area (Å²) < 4.78 is 36.8. The normalized spacial score (nSPS) is 10.9. The second-order valence-corrected chi connectivity index (χ2v) is 3.75. The zero-order chi connectivity index (χ0) is 10.1. The Morgan fingerprint density at radius 1 is 1.29 bits per heavy atom. The number of halogens is 4. The van der Waals surface area contributed by atoms with Crippen molar-refractivity contribution in [2.45, 2.75) is 4.90 Å². The summed E-state index contributed by atoms with van der Waals surface area (Å²) in [5.74, 6) is 0. The standard InChI is InChI=1S/C7H6BClF3S.K/c1-13-5-2-3-6(7(9)4-5)8(10,11)12;/h2-4H,1H3;/q-1;+1. The average Bonchev–Trinajstić information content (AvgIpc) is 2.01. The van der Waals surface area contributed by atoms with E-state index in [2.05, 4.69) is 0 Å². The molecule has 0 N–H and O–H groups in total. The summed E-state index contributed by atoms with van der Waals surface area (Å²) in [4.78, 5) is 0.730. The minimum absolute atomic E-state index is 0. The minimum atomic E-state index is -4.99. The summed E-state index contributed by atoms with van der Waals surface area (Å²) in [6, 6.07) is 3.77. The Morgan fingerprint density at radius 3 is 2.21 bits per heavy atom. The van der Waals surface area contributed by atoms with Crippen LogP contribution in [0, 0.1) is 0 Å². The molecule has 0 aliphatic heterocycles. The molecule has 7 heteroatoms. The Labute approximate surface area is 132 Å². The quantitative estimate of drug-likeness (QED) is 0.540. The van der Waals surface area contributed by atoms with E-state index in [-0.39, 0.29) is 56.4 Å². The monoisotopic (exact) mass is 264 g/mol. The van der Waals surface area contributed by atoms with Gasteiger partial charge in [-0.1, -0.05) is 29.2 Å². The van der Waals surface area contributed by atoms with Crippen LogP contribution in [-0.2, 0) is 0 Å². The van der Waals surface area contributed by atoms with Crippen LogP contribution in [0.1, 0.15) is 0 Å². The largest absolute Gasteiger partial charge is 1.00 e. The van der Waals surface area contributed by atoms with Crippen molar-refractivity contribution < 1.29 is 64.3 Å². The Kier molecular flexibility index (Phi) is 6.77. The molecule has 0 bridgehead atoms. The smallest absolute Gasteiger partial charge is 0.445 e. The van der Waals surface area contributed by atoms with Gasteiger partial charge in [0.2, 0.25) is 0 Å². The van der Waals surface area contributed by atoms with E-state index in [1.165, 1.54) is 23.9 Å². The summed E-state index contributed by atoms with van der Waals surface area (Å²) in [5.41, 5.74) is -0.723. The van der Waals surface area contributed by atoms with Gasteiger partial charge in [0.25, 0.3) is 0 Å². The molecular weight excluding hydrogens is 259 g/mol.